The lowest BCUT2D eigenvalue weighted by Crippen LogP contribution is -2.50. The van der Waals surface area contributed by atoms with Crippen molar-refractivity contribution in [2.24, 2.45) is 112 Å². The van der Waals surface area contributed by atoms with Crippen LogP contribution < -0.4 is 0 Å². The highest BCUT2D eigenvalue weighted by Gasteiger charge is 2.52. The average Bonchev–Trinajstić information content (AvgIpc) is 3.20. The van der Waals surface area contributed by atoms with E-state index < -0.39 is 0 Å². The third-order valence-corrected chi connectivity index (χ3v) is 20.6. The third kappa shape index (κ3) is 12.0. The van der Waals surface area contributed by atoms with Crippen molar-refractivity contribution in [3.05, 3.63) is 0 Å². The second-order valence-corrected chi connectivity index (χ2v) is 25.5. The normalized spacial score (nSPS) is 49.1. The molecule has 6 aliphatic carbocycles. The minimum absolute atomic E-state index is 0.246. The fraction of sp³-hybridized carbons (Fsp3) is 1.00. The Balaban J connectivity index is 1.29. The highest BCUT2D eigenvalue weighted by molar-refractivity contribution is 5.02. The van der Waals surface area contributed by atoms with Gasteiger partial charge in [-0.3, -0.25) is 0 Å². The van der Waals surface area contributed by atoms with E-state index >= 15 is 0 Å². The van der Waals surface area contributed by atoms with Crippen LogP contribution in [-0.4, -0.2) is 79.3 Å². The maximum absolute atomic E-state index is 6.81. The first-order valence-corrected chi connectivity index (χ1v) is 27.1. The standard InChI is InChI=1S/C57H104O6/c1-33-17-41(18-34(2)51(33)58-11)25-45-29-49(30-46(55(45)62-15)26-42-19-35(3)52(59-12)36(4)20-42)57(9,10)50-31-47(27-43-21-37(5)53(60-13)38(6)22-43)56(63-16)48(32-50)28-44-23-39(7)54(61-14)40(8)24-44/h33-56H,17-32H2,1-16H3. The summed E-state index contributed by atoms with van der Waals surface area (Å²) in [6.45, 7) is 25.2. The lowest BCUT2D eigenvalue weighted by atomic mass is 9.52. The maximum atomic E-state index is 6.81. The highest BCUT2D eigenvalue weighted by Crippen LogP contribution is 2.58. The molecule has 6 rings (SSSR count). The largest absolute Gasteiger partial charge is 0.381 e. The minimum Gasteiger partial charge on any atom is -0.381 e. The third-order valence-electron chi connectivity index (χ3n) is 20.6. The molecule has 0 aromatic carbocycles. The number of ether oxygens (including phenoxy) is 6. The van der Waals surface area contributed by atoms with Crippen molar-refractivity contribution in [3.63, 3.8) is 0 Å². The molecule has 6 fully saturated rings. The van der Waals surface area contributed by atoms with E-state index in [1.54, 1.807) is 0 Å². The molecular weight excluding hydrogens is 781 g/mol. The van der Waals surface area contributed by atoms with Gasteiger partial charge in [-0.1, -0.05) is 69.2 Å². The molecule has 0 aromatic rings. The van der Waals surface area contributed by atoms with Crippen molar-refractivity contribution < 1.29 is 28.4 Å². The summed E-state index contributed by atoms with van der Waals surface area (Å²) in [7, 11) is 11.9. The molecule has 0 radical (unpaired) electrons. The van der Waals surface area contributed by atoms with Gasteiger partial charge in [0.2, 0.25) is 0 Å². The summed E-state index contributed by atoms with van der Waals surface area (Å²) in [4.78, 5) is 0. The molecule has 6 nitrogen and oxygen atoms in total. The summed E-state index contributed by atoms with van der Waals surface area (Å²) < 4.78 is 37.9. The zero-order valence-corrected chi connectivity index (χ0v) is 44.1. The van der Waals surface area contributed by atoms with Crippen LogP contribution >= 0.6 is 0 Å². The van der Waals surface area contributed by atoms with E-state index in [0.29, 0.717) is 119 Å². The zero-order chi connectivity index (χ0) is 45.9. The molecule has 0 N–H and O–H groups in total. The van der Waals surface area contributed by atoms with Crippen LogP contribution in [-0.2, 0) is 28.4 Å². The van der Waals surface area contributed by atoms with Gasteiger partial charge in [0.25, 0.3) is 0 Å². The molecule has 0 aliphatic heterocycles. The lowest BCUT2D eigenvalue weighted by Gasteiger charge is -2.55. The van der Waals surface area contributed by atoms with Gasteiger partial charge in [-0.05, 0) is 215 Å². The quantitative estimate of drug-likeness (QED) is 0.154. The first-order valence-electron chi connectivity index (χ1n) is 27.1. The Hall–Kier alpha value is -0.240. The van der Waals surface area contributed by atoms with Gasteiger partial charge in [-0.15, -0.1) is 0 Å². The number of hydrogen-bond donors (Lipinski definition) is 0. The fourth-order valence-corrected chi connectivity index (χ4v) is 18.4. The van der Waals surface area contributed by atoms with E-state index in [1.165, 1.54) is 103 Å². The molecule has 0 aromatic heterocycles. The first kappa shape index (κ1) is 52.1. The molecule has 6 heteroatoms. The Morgan fingerprint density at radius 3 is 0.619 bits per heavy atom. The minimum atomic E-state index is 0.246. The summed E-state index contributed by atoms with van der Waals surface area (Å²) in [5, 5.41) is 0. The Kier molecular flexibility index (Phi) is 19.0. The van der Waals surface area contributed by atoms with Gasteiger partial charge in [0.1, 0.15) is 0 Å². The monoisotopic (exact) mass is 885 g/mol. The SMILES string of the molecule is COC1C(C)CC(CC2CC(C(C)(C)C3CC(CC4CC(C)C(OC)C(C)C4)C(OC)C(CC4CC(C)C(OC)C(C)C4)C3)CC(CC3CC(C)C(OC)C(C)C3)C2OC)CC1C. The topological polar surface area (TPSA) is 55.4 Å². The van der Waals surface area contributed by atoms with Gasteiger partial charge < -0.3 is 28.4 Å². The Labute approximate surface area is 390 Å². The average molecular weight is 885 g/mol. The van der Waals surface area contributed by atoms with E-state index in [9.17, 15) is 0 Å². The number of rotatable bonds is 16. The molecule has 0 spiro atoms. The van der Waals surface area contributed by atoms with Gasteiger partial charge in [0.05, 0.1) is 36.6 Å². The first-order chi connectivity index (χ1) is 30.0. The molecule has 6 saturated carbocycles. The molecular formula is C57H104O6. The van der Waals surface area contributed by atoms with E-state index in [1.807, 2.05) is 28.4 Å². The van der Waals surface area contributed by atoms with Gasteiger partial charge in [0.15, 0.2) is 0 Å². The summed E-state index contributed by atoms with van der Waals surface area (Å²) in [5.74, 6) is 11.8. The van der Waals surface area contributed by atoms with Crippen LogP contribution in [0.15, 0.2) is 0 Å². The molecule has 0 bridgehead atoms. The van der Waals surface area contributed by atoms with Crippen LogP contribution in [0.3, 0.4) is 0 Å². The summed E-state index contributed by atoms with van der Waals surface area (Å²) >= 11 is 0. The lowest BCUT2D eigenvalue weighted by molar-refractivity contribution is -0.116. The predicted molar refractivity (Wildman–Crippen MR) is 261 cm³/mol. The summed E-state index contributed by atoms with van der Waals surface area (Å²) in [6, 6.07) is 0. The van der Waals surface area contributed by atoms with Crippen LogP contribution in [0.5, 0.6) is 0 Å². The van der Waals surface area contributed by atoms with Gasteiger partial charge in [0, 0.05) is 42.7 Å². The molecule has 6 aliphatic rings. The van der Waals surface area contributed by atoms with Crippen LogP contribution in [0.25, 0.3) is 0 Å². The Morgan fingerprint density at radius 2 is 0.460 bits per heavy atom. The Morgan fingerprint density at radius 1 is 0.286 bits per heavy atom. The van der Waals surface area contributed by atoms with Crippen LogP contribution in [0.1, 0.15) is 172 Å². The maximum Gasteiger partial charge on any atom is 0.0628 e. The van der Waals surface area contributed by atoms with Crippen molar-refractivity contribution >= 4 is 0 Å². The highest BCUT2D eigenvalue weighted by atomic mass is 16.5. The van der Waals surface area contributed by atoms with E-state index in [0.717, 1.165) is 23.7 Å². The van der Waals surface area contributed by atoms with Gasteiger partial charge >= 0.3 is 0 Å². The number of hydrogen-bond acceptors (Lipinski definition) is 6. The number of methoxy groups -OCH3 is 6. The van der Waals surface area contributed by atoms with E-state index in [2.05, 4.69) is 83.5 Å². The zero-order valence-electron chi connectivity index (χ0n) is 44.1. The fourth-order valence-electron chi connectivity index (χ4n) is 18.4. The van der Waals surface area contributed by atoms with Crippen LogP contribution in [0, 0.1) is 112 Å². The molecule has 12 atom stereocenters. The van der Waals surface area contributed by atoms with E-state index in [-0.39, 0.29) is 5.41 Å². The summed E-state index contributed by atoms with van der Waals surface area (Å²) in [5.41, 5.74) is 0.246. The molecule has 12 unspecified atom stereocenters. The second-order valence-electron chi connectivity index (χ2n) is 25.5. The van der Waals surface area contributed by atoms with E-state index in [4.69, 9.17) is 28.4 Å². The van der Waals surface area contributed by atoms with Gasteiger partial charge in [-0.2, -0.15) is 0 Å². The van der Waals surface area contributed by atoms with Crippen LogP contribution in [0.4, 0.5) is 0 Å². The predicted octanol–water partition coefficient (Wildman–Crippen LogP) is 13.7. The molecule has 0 amide bonds. The van der Waals surface area contributed by atoms with Crippen molar-refractivity contribution in [1.29, 1.82) is 0 Å². The van der Waals surface area contributed by atoms with Crippen molar-refractivity contribution in [1.82, 2.24) is 0 Å². The molecule has 368 valence electrons. The van der Waals surface area contributed by atoms with Crippen LogP contribution in [0.2, 0.25) is 0 Å². The molecule has 0 saturated heterocycles. The van der Waals surface area contributed by atoms with Crippen molar-refractivity contribution in [3.8, 4) is 0 Å². The van der Waals surface area contributed by atoms with Crippen molar-refractivity contribution in [2.75, 3.05) is 42.7 Å². The molecule has 63 heavy (non-hydrogen) atoms. The second kappa shape index (κ2) is 22.9. The van der Waals surface area contributed by atoms with Gasteiger partial charge in [-0.25, -0.2) is 0 Å². The van der Waals surface area contributed by atoms with Crippen molar-refractivity contribution in [2.45, 2.75) is 209 Å². The Bertz CT molecular complexity index is 1120. The smallest absolute Gasteiger partial charge is 0.0628 e. The summed E-state index contributed by atoms with van der Waals surface area (Å²) in [6.07, 6.45) is 23.2. The molecule has 0 heterocycles.